The topological polar surface area (TPSA) is 52.0 Å². The molecule has 1 unspecified atom stereocenters. The number of benzene rings is 3. The molecule has 0 aliphatic heterocycles. The lowest BCUT2D eigenvalue weighted by atomic mass is 10.1. The minimum absolute atomic E-state index is 0.00525. The summed E-state index contributed by atoms with van der Waals surface area (Å²) in [7, 11) is 5.26. The van der Waals surface area contributed by atoms with Crippen molar-refractivity contribution in [2.24, 2.45) is 0 Å². The van der Waals surface area contributed by atoms with Crippen LogP contribution in [0.3, 0.4) is 0 Å². The van der Waals surface area contributed by atoms with Crippen LogP contribution in [0.1, 0.15) is 12.5 Å². The van der Waals surface area contributed by atoms with Crippen LogP contribution in [0, 0.1) is 0 Å². The molecule has 0 heterocycles. The van der Waals surface area contributed by atoms with E-state index in [-0.39, 0.29) is 11.9 Å². The molecular formula is C23H27N2O3+. The normalized spacial score (nSPS) is 13.0. The zero-order chi connectivity index (χ0) is 20.1. The van der Waals surface area contributed by atoms with Gasteiger partial charge in [-0.1, -0.05) is 36.4 Å². The molecule has 146 valence electrons. The fraction of sp³-hybridized carbons (Fsp3) is 0.261. The average Bonchev–Trinajstić information content (AvgIpc) is 2.73. The van der Waals surface area contributed by atoms with Gasteiger partial charge in [0.1, 0.15) is 6.54 Å². The van der Waals surface area contributed by atoms with Crippen LogP contribution in [0.15, 0.2) is 60.7 Å². The highest BCUT2D eigenvalue weighted by Crippen LogP contribution is 2.27. The zero-order valence-corrected chi connectivity index (χ0v) is 16.8. The van der Waals surface area contributed by atoms with Gasteiger partial charge in [-0.05, 0) is 36.6 Å². The van der Waals surface area contributed by atoms with Gasteiger partial charge in [-0.25, -0.2) is 0 Å². The lowest BCUT2D eigenvalue weighted by Crippen LogP contribution is -3.12. The van der Waals surface area contributed by atoms with Gasteiger partial charge >= 0.3 is 0 Å². The van der Waals surface area contributed by atoms with E-state index < -0.39 is 0 Å². The van der Waals surface area contributed by atoms with Gasteiger partial charge < -0.3 is 19.7 Å². The molecular weight excluding hydrogens is 352 g/mol. The molecule has 0 fully saturated rings. The summed E-state index contributed by atoms with van der Waals surface area (Å²) in [5.41, 5.74) is 1.92. The second-order valence-corrected chi connectivity index (χ2v) is 6.95. The number of carbonyl (C=O) groups excluding carboxylic acids is 1. The Labute approximate surface area is 165 Å². The summed E-state index contributed by atoms with van der Waals surface area (Å²) in [6.45, 7) is 2.64. The van der Waals surface area contributed by atoms with Crippen molar-refractivity contribution in [2.45, 2.75) is 19.5 Å². The van der Waals surface area contributed by atoms with Gasteiger partial charge in [-0.15, -0.1) is 0 Å². The van der Waals surface area contributed by atoms with Crippen molar-refractivity contribution in [1.82, 2.24) is 0 Å². The van der Waals surface area contributed by atoms with E-state index in [1.54, 1.807) is 14.2 Å². The summed E-state index contributed by atoms with van der Waals surface area (Å²) in [6.07, 6.45) is 0. The minimum Gasteiger partial charge on any atom is -0.493 e. The van der Waals surface area contributed by atoms with E-state index in [9.17, 15) is 4.79 Å². The lowest BCUT2D eigenvalue weighted by Gasteiger charge is -2.22. The number of rotatable bonds is 7. The third-order valence-electron chi connectivity index (χ3n) is 5.11. The molecule has 0 saturated heterocycles. The first-order chi connectivity index (χ1) is 13.5. The van der Waals surface area contributed by atoms with Gasteiger partial charge in [0.25, 0.3) is 5.91 Å². The van der Waals surface area contributed by atoms with Gasteiger partial charge in [0.2, 0.25) is 0 Å². The summed E-state index contributed by atoms with van der Waals surface area (Å²) >= 11 is 0. The van der Waals surface area contributed by atoms with Crippen LogP contribution in [-0.2, 0) is 11.3 Å². The summed E-state index contributed by atoms with van der Waals surface area (Å²) < 4.78 is 10.7. The van der Waals surface area contributed by atoms with Crippen LogP contribution >= 0.6 is 0 Å². The van der Waals surface area contributed by atoms with Crippen LogP contribution in [-0.4, -0.2) is 33.2 Å². The molecule has 0 saturated carbocycles. The van der Waals surface area contributed by atoms with Crippen LogP contribution in [0.4, 0.5) is 5.69 Å². The number of carbonyl (C=O) groups is 1. The van der Waals surface area contributed by atoms with Crippen molar-refractivity contribution in [3.8, 4) is 11.5 Å². The third-order valence-corrected chi connectivity index (χ3v) is 5.11. The van der Waals surface area contributed by atoms with Gasteiger partial charge in [0, 0.05) is 16.6 Å². The van der Waals surface area contributed by atoms with Gasteiger partial charge in [0.15, 0.2) is 17.5 Å². The number of quaternary nitrogens is 1. The lowest BCUT2D eigenvalue weighted by molar-refractivity contribution is -0.907. The number of fused-ring (bicyclic) bond motifs is 1. The molecule has 3 rings (SSSR count). The van der Waals surface area contributed by atoms with Gasteiger partial charge in [-0.2, -0.15) is 0 Å². The van der Waals surface area contributed by atoms with E-state index in [4.69, 9.17) is 9.47 Å². The molecule has 2 N–H and O–H groups in total. The molecule has 28 heavy (non-hydrogen) atoms. The Balaban J connectivity index is 1.70. The Morgan fingerprint density at radius 3 is 2.46 bits per heavy atom. The Morgan fingerprint density at radius 1 is 1.00 bits per heavy atom. The standard InChI is InChI=1S/C23H26N2O3/c1-16(25(2)15-17-12-13-21(27-3)22(14-17)28-4)23(26)24-20-11-7-9-18-8-5-6-10-19(18)20/h5-14,16H,15H2,1-4H3,(H,24,26)/p+1/t16-/m1/s1. The molecule has 0 aliphatic carbocycles. The summed E-state index contributed by atoms with van der Waals surface area (Å²) in [5, 5.41) is 5.24. The second-order valence-electron chi connectivity index (χ2n) is 6.95. The summed E-state index contributed by atoms with van der Waals surface area (Å²) in [5.74, 6) is 1.39. The summed E-state index contributed by atoms with van der Waals surface area (Å²) in [6, 6.07) is 19.6. The Hall–Kier alpha value is -3.05. The highest BCUT2D eigenvalue weighted by Gasteiger charge is 2.23. The van der Waals surface area contributed by atoms with E-state index >= 15 is 0 Å². The van der Waals surface area contributed by atoms with E-state index in [2.05, 4.69) is 5.32 Å². The quantitative estimate of drug-likeness (QED) is 0.664. The van der Waals surface area contributed by atoms with Crippen molar-refractivity contribution in [3.63, 3.8) is 0 Å². The molecule has 3 aromatic carbocycles. The summed E-state index contributed by atoms with van der Waals surface area (Å²) in [4.78, 5) is 13.9. The van der Waals surface area contributed by atoms with E-state index in [1.807, 2.05) is 74.6 Å². The number of nitrogens with one attached hydrogen (secondary N) is 2. The predicted octanol–water partition coefficient (Wildman–Crippen LogP) is 2.90. The largest absolute Gasteiger partial charge is 0.493 e. The first-order valence-electron chi connectivity index (χ1n) is 9.35. The molecule has 1 amide bonds. The number of hydrogen-bond donors (Lipinski definition) is 2. The van der Waals surface area contributed by atoms with E-state index in [0.29, 0.717) is 18.0 Å². The monoisotopic (exact) mass is 379 g/mol. The zero-order valence-electron chi connectivity index (χ0n) is 16.8. The number of likely N-dealkylation sites (N-methyl/N-ethyl adjacent to an activating group) is 1. The van der Waals surface area contributed by atoms with Gasteiger partial charge in [0.05, 0.1) is 21.3 Å². The average molecular weight is 379 g/mol. The highest BCUT2D eigenvalue weighted by molar-refractivity contribution is 6.03. The Kier molecular flexibility index (Phi) is 6.16. The second kappa shape index (κ2) is 8.76. The van der Waals surface area contributed by atoms with E-state index in [0.717, 1.165) is 26.9 Å². The number of hydrogen-bond acceptors (Lipinski definition) is 3. The molecule has 0 aliphatic rings. The smallest absolute Gasteiger partial charge is 0.282 e. The maximum atomic E-state index is 12.8. The predicted molar refractivity (Wildman–Crippen MR) is 112 cm³/mol. The number of amides is 1. The van der Waals surface area contributed by atoms with Crippen LogP contribution in [0.5, 0.6) is 11.5 Å². The fourth-order valence-corrected chi connectivity index (χ4v) is 3.26. The molecule has 0 aromatic heterocycles. The molecule has 0 radical (unpaired) electrons. The molecule has 2 atom stereocenters. The molecule has 5 heteroatoms. The van der Waals surface area contributed by atoms with Crippen LogP contribution in [0.25, 0.3) is 10.8 Å². The van der Waals surface area contributed by atoms with Gasteiger partial charge in [-0.3, -0.25) is 4.79 Å². The Bertz CT molecular complexity index is 966. The first-order valence-corrected chi connectivity index (χ1v) is 9.35. The molecule has 0 spiro atoms. The first kappa shape index (κ1) is 19.7. The maximum absolute atomic E-state index is 12.8. The van der Waals surface area contributed by atoms with Crippen LogP contribution < -0.4 is 19.7 Å². The number of ether oxygens (including phenoxy) is 2. The fourth-order valence-electron chi connectivity index (χ4n) is 3.26. The highest BCUT2D eigenvalue weighted by atomic mass is 16.5. The SMILES string of the molecule is COc1ccc(C[NH+](C)[C@H](C)C(=O)Nc2cccc3ccccc23)cc1OC. The van der Waals surface area contributed by atoms with E-state index in [1.165, 1.54) is 0 Å². The minimum atomic E-state index is -0.216. The molecule has 5 nitrogen and oxygen atoms in total. The number of methoxy groups -OCH3 is 2. The van der Waals surface area contributed by atoms with Crippen molar-refractivity contribution in [3.05, 3.63) is 66.2 Å². The Morgan fingerprint density at radius 2 is 1.71 bits per heavy atom. The van der Waals surface area contributed by atoms with Crippen molar-refractivity contribution in [2.75, 3.05) is 26.6 Å². The molecule has 3 aromatic rings. The third kappa shape index (κ3) is 4.26. The maximum Gasteiger partial charge on any atom is 0.282 e. The van der Waals surface area contributed by atoms with Crippen molar-refractivity contribution < 1.29 is 19.2 Å². The van der Waals surface area contributed by atoms with Crippen LogP contribution in [0.2, 0.25) is 0 Å². The van der Waals surface area contributed by atoms with Crippen molar-refractivity contribution in [1.29, 1.82) is 0 Å². The number of anilines is 1. The van der Waals surface area contributed by atoms with Crippen molar-refractivity contribution >= 4 is 22.4 Å². The molecule has 0 bridgehead atoms.